The summed E-state index contributed by atoms with van der Waals surface area (Å²) in [6, 6.07) is 10.5. The molecule has 0 aliphatic carbocycles. The van der Waals surface area contributed by atoms with Crippen LogP contribution < -0.4 is 19.5 Å². The molecule has 2 aromatic carbocycles. The Morgan fingerprint density at radius 2 is 1.70 bits per heavy atom. The number of rotatable bonds is 7. The minimum Gasteiger partial charge on any atom is -0.493 e. The lowest BCUT2D eigenvalue weighted by atomic mass is 10.1. The predicted octanol–water partition coefficient (Wildman–Crippen LogP) is 1.62. The van der Waals surface area contributed by atoms with Crippen molar-refractivity contribution in [1.29, 1.82) is 0 Å². The number of benzene rings is 2. The maximum absolute atomic E-state index is 12.4. The molecule has 9 heteroatoms. The average molecular weight is 369 g/mol. The van der Waals surface area contributed by atoms with Crippen molar-refractivity contribution in [3.05, 3.63) is 53.9 Å². The third-order valence-electron chi connectivity index (χ3n) is 3.92. The summed E-state index contributed by atoms with van der Waals surface area (Å²) < 4.78 is 17.5. The van der Waals surface area contributed by atoms with E-state index in [0.29, 0.717) is 29.4 Å². The molecule has 140 valence electrons. The Balaban J connectivity index is 1.70. The maximum atomic E-state index is 12.4. The zero-order valence-corrected chi connectivity index (χ0v) is 15.2. The van der Waals surface area contributed by atoms with E-state index in [2.05, 4.69) is 20.8 Å². The zero-order chi connectivity index (χ0) is 19.2. The lowest BCUT2D eigenvalue weighted by Gasteiger charge is -2.14. The standard InChI is InChI=1S/C18H19N5O4/c1-25-15-8-12(9-16(26-2)17(15)27-3)10-19-18(24)13-4-6-14(7-5-13)23-11-20-21-22-23/h4-9,11H,10H2,1-3H3,(H,19,24). The number of aromatic nitrogens is 4. The van der Waals surface area contributed by atoms with Crippen LogP contribution in [0, 0.1) is 0 Å². The molecule has 9 nitrogen and oxygen atoms in total. The van der Waals surface area contributed by atoms with Gasteiger partial charge in [-0.1, -0.05) is 0 Å². The quantitative estimate of drug-likeness (QED) is 0.675. The first-order valence-corrected chi connectivity index (χ1v) is 8.06. The van der Waals surface area contributed by atoms with Gasteiger partial charge in [0.2, 0.25) is 5.75 Å². The minimum absolute atomic E-state index is 0.202. The third-order valence-corrected chi connectivity index (χ3v) is 3.92. The molecule has 0 aliphatic heterocycles. The van der Waals surface area contributed by atoms with Crippen LogP contribution in [0.5, 0.6) is 17.2 Å². The van der Waals surface area contributed by atoms with E-state index in [0.717, 1.165) is 11.3 Å². The molecule has 0 aliphatic rings. The Labute approximate surface area is 155 Å². The van der Waals surface area contributed by atoms with Crippen LogP contribution in [0.4, 0.5) is 0 Å². The van der Waals surface area contributed by atoms with E-state index < -0.39 is 0 Å². The lowest BCUT2D eigenvalue weighted by Crippen LogP contribution is -2.22. The molecule has 1 aromatic heterocycles. The summed E-state index contributed by atoms with van der Waals surface area (Å²) in [6.45, 7) is 0.310. The van der Waals surface area contributed by atoms with Crippen LogP contribution in [0.15, 0.2) is 42.7 Å². The van der Waals surface area contributed by atoms with Gasteiger partial charge in [-0.15, -0.1) is 5.10 Å². The van der Waals surface area contributed by atoms with Crippen LogP contribution in [-0.2, 0) is 6.54 Å². The number of amides is 1. The summed E-state index contributed by atoms with van der Waals surface area (Å²) in [7, 11) is 4.64. The molecule has 0 radical (unpaired) electrons. The lowest BCUT2D eigenvalue weighted by molar-refractivity contribution is 0.0951. The van der Waals surface area contributed by atoms with Crippen LogP contribution in [-0.4, -0.2) is 47.4 Å². The topological polar surface area (TPSA) is 100 Å². The van der Waals surface area contributed by atoms with Crippen molar-refractivity contribution in [2.45, 2.75) is 6.54 Å². The molecule has 0 saturated carbocycles. The first-order valence-electron chi connectivity index (χ1n) is 8.06. The number of hydrogen-bond acceptors (Lipinski definition) is 7. The van der Waals surface area contributed by atoms with Gasteiger partial charge in [0, 0.05) is 12.1 Å². The summed E-state index contributed by atoms with van der Waals surface area (Å²) >= 11 is 0. The van der Waals surface area contributed by atoms with Gasteiger partial charge in [0.15, 0.2) is 11.5 Å². The number of methoxy groups -OCH3 is 3. The van der Waals surface area contributed by atoms with Gasteiger partial charge in [-0.25, -0.2) is 4.68 Å². The SMILES string of the molecule is COc1cc(CNC(=O)c2ccc(-n3cnnn3)cc2)cc(OC)c1OC. The van der Waals surface area contributed by atoms with Crippen molar-refractivity contribution in [2.75, 3.05) is 21.3 Å². The van der Waals surface area contributed by atoms with E-state index >= 15 is 0 Å². The van der Waals surface area contributed by atoms with Crippen molar-refractivity contribution >= 4 is 5.91 Å². The summed E-state index contributed by atoms with van der Waals surface area (Å²) in [4.78, 5) is 12.4. The number of ether oxygens (including phenoxy) is 3. The van der Waals surface area contributed by atoms with E-state index in [9.17, 15) is 4.79 Å². The molecule has 0 atom stereocenters. The summed E-state index contributed by atoms with van der Waals surface area (Å²) in [6.07, 6.45) is 1.49. The second-order valence-corrected chi connectivity index (χ2v) is 5.52. The highest BCUT2D eigenvalue weighted by Gasteiger charge is 2.14. The second-order valence-electron chi connectivity index (χ2n) is 5.52. The minimum atomic E-state index is -0.202. The molecule has 1 heterocycles. The van der Waals surface area contributed by atoms with Gasteiger partial charge in [0.05, 0.1) is 27.0 Å². The first-order chi connectivity index (χ1) is 13.2. The number of tetrazole rings is 1. The van der Waals surface area contributed by atoms with E-state index in [1.807, 2.05) is 0 Å². The number of carbonyl (C=O) groups excluding carboxylic acids is 1. The Morgan fingerprint density at radius 3 is 2.22 bits per heavy atom. The molecule has 27 heavy (non-hydrogen) atoms. The molecule has 1 amide bonds. The predicted molar refractivity (Wildman–Crippen MR) is 96.4 cm³/mol. The normalized spacial score (nSPS) is 10.3. The summed E-state index contributed by atoms with van der Waals surface area (Å²) in [5, 5.41) is 13.8. The highest BCUT2D eigenvalue weighted by molar-refractivity contribution is 5.94. The van der Waals surface area contributed by atoms with E-state index in [1.165, 1.54) is 11.0 Å². The van der Waals surface area contributed by atoms with Crippen molar-refractivity contribution in [3.8, 4) is 22.9 Å². The Kier molecular flexibility index (Phi) is 5.50. The fraction of sp³-hybridized carbons (Fsp3) is 0.222. The summed E-state index contributed by atoms with van der Waals surface area (Å²) in [5.41, 5.74) is 2.11. The zero-order valence-electron chi connectivity index (χ0n) is 15.2. The molecule has 0 fully saturated rings. The van der Waals surface area contributed by atoms with E-state index in [4.69, 9.17) is 14.2 Å². The van der Waals surface area contributed by atoms with Gasteiger partial charge < -0.3 is 19.5 Å². The molecule has 0 bridgehead atoms. The van der Waals surface area contributed by atoms with Gasteiger partial charge in [0.25, 0.3) is 5.91 Å². The first kappa shape index (κ1) is 18.2. The van der Waals surface area contributed by atoms with Gasteiger partial charge in [0.1, 0.15) is 6.33 Å². The summed E-state index contributed by atoms with van der Waals surface area (Å²) in [5.74, 6) is 1.37. The van der Waals surface area contributed by atoms with Crippen molar-refractivity contribution in [2.24, 2.45) is 0 Å². The second kappa shape index (κ2) is 8.17. The molecular formula is C18H19N5O4. The highest BCUT2D eigenvalue weighted by Crippen LogP contribution is 2.38. The smallest absolute Gasteiger partial charge is 0.251 e. The molecule has 3 rings (SSSR count). The Bertz CT molecular complexity index is 885. The fourth-order valence-electron chi connectivity index (χ4n) is 2.57. The Morgan fingerprint density at radius 1 is 1.04 bits per heavy atom. The Hall–Kier alpha value is -3.62. The number of nitrogens with one attached hydrogen (secondary N) is 1. The number of carbonyl (C=O) groups is 1. The van der Waals surface area contributed by atoms with Crippen LogP contribution in [0.25, 0.3) is 5.69 Å². The van der Waals surface area contributed by atoms with Crippen LogP contribution in [0.3, 0.4) is 0 Å². The third kappa shape index (κ3) is 3.97. The van der Waals surface area contributed by atoms with Gasteiger partial charge in [-0.3, -0.25) is 4.79 Å². The van der Waals surface area contributed by atoms with E-state index in [1.54, 1.807) is 57.7 Å². The molecule has 3 aromatic rings. The average Bonchev–Trinajstić information content (AvgIpc) is 3.26. The highest BCUT2D eigenvalue weighted by atomic mass is 16.5. The van der Waals surface area contributed by atoms with Crippen LogP contribution >= 0.6 is 0 Å². The number of hydrogen-bond donors (Lipinski definition) is 1. The van der Waals surface area contributed by atoms with E-state index in [-0.39, 0.29) is 5.91 Å². The maximum Gasteiger partial charge on any atom is 0.251 e. The fourth-order valence-corrected chi connectivity index (χ4v) is 2.57. The van der Waals surface area contributed by atoms with Crippen molar-refractivity contribution in [1.82, 2.24) is 25.5 Å². The van der Waals surface area contributed by atoms with Crippen LogP contribution in [0.2, 0.25) is 0 Å². The van der Waals surface area contributed by atoms with Gasteiger partial charge in [-0.2, -0.15) is 0 Å². The number of nitrogens with zero attached hydrogens (tertiary/aromatic N) is 4. The molecule has 0 spiro atoms. The monoisotopic (exact) mass is 369 g/mol. The van der Waals surface area contributed by atoms with Crippen LogP contribution in [0.1, 0.15) is 15.9 Å². The van der Waals surface area contributed by atoms with Gasteiger partial charge in [-0.05, 0) is 52.4 Å². The molecular weight excluding hydrogens is 350 g/mol. The van der Waals surface area contributed by atoms with Gasteiger partial charge >= 0.3 is 0 Å². The molecule has 1 N–H and O–H groups in total. The van der Waals surface area contributed by atoms with Crippen molar-refractivity contribution in [3.63, 3.8) is 0 Å². The molecule has 0 unspecified atom stereocenters. The molecule has 0 saturated heterocycles. The van der Waals surface area contributed by atoms with Crippen molar-refractivity contribution < 1.29 is 19.0 Å². The largest absolute Gasteiger partial charge is 0.493 e.